The van der Waals surface area contributed by atoms with E-state index in [9.17, 15) is 0 Å². The molecule has 0 N–H and O–H groups in total. The highest BCUT2D eigenvalue weighted by molar-refractivity contribution is 5.93. The lowest BCUT2D eigenvalue weighted by molar-refractivity contribution is 0.397. The van der Waals surface area contributed by atoms with E-state index in [0.717, 1.165) is 66.2 Å². The standard InChI is InChI=1S/C89H94N2/c1-8-11-13-15-17-19-53-88(54-20-18-16-14-12-9-2)84-57-68(64(7)10-3)35-49-80(84)81-50-36-71(58-85(81)88)67-33-45-77(46-34-67)91(76-43-25-63(6)26-44-76)79-48-52-83-82-51-47-78(90(74-39-21-61(4)22-40-74)75-41-23-62(5)24-42-75)59-86(82)89(87(83)60-79,72-37-31-65-27-29-69(65)55-72)73-38-32-66-28-30-70(66)56-73/h21-26,31-52,55-60,64H,8-20,27-30,53-54H2,1-7H3. The molecule has 4 aliphatic rings. The first-order valence-corrected chi connectivity index (χ1v) is 35.3. The van der Waals surface area contributed by atoms with Crippen molar-refractivity contribution in [3.05, 3.63) is 284 Å². The largest absolute Gasteiger partial charge is 0.310 e. The topological polar surface area (TPSA) is 6.48 Å². The molecule has 0 heterocycles. The zero-order chi connectivity index (χ0) is 62.2. The number of hydrogen-bond donors (Lipinski definition) is 0. The molecule has 4 aliphatic carbocycles. The Kier molecular flexibility index (Phi) is 17.1. The molecule has 1 atom stereocenters. The van der Waals surface area contributed by atoms with E-state index in [1.54, 1.807) is 11.1 Å². The predicted octanol–water partition coefficient (Wildman–Crippen LogP) is 25.1. The third kappa shape index (κ3) is 11.2. The van der Waals surface area contributed by atoms with Crippen LogP contribution in [-0.4, -0.2) is 0 Å². The van der Waals surface area contributed by atoms with Gasteiger partial charge >= 0.3 is 0 Å². The Bertz CT molecular complexity index is 4120. The molecule has 1 unspecified atom stereocenters. The van der Waals surface area contributed by atoms with E-state index in [1.165, 1.54) is 190 Å². The van der Waals surface area contributed by atoms with E-state index >= 15 is 0 Å². The Morgan fingerprint density at radius 3 is 1.13 bits per heavy atom. The van der Waals surface area contributed by atoms with Gasteiger partial charge in [0.05, 0.1) is 5.41 Å². The van der Waals surface area contributed by atoms with Crippen LogP contribution in [-0.2, 0) is 36.5 Å². The van der Waals surface area contributed by atoms with Gasteiger partial charge in [-0.15, -0.1) is 0 Å². The van der Waals surface area contributed by atoms with E-state index in [1.807, 2.05) is 0 Å². The second kappa shape index (κ2) is 25.8. The zero-order valence-corrected chi connectivity index (χ0v) is 55.5. The molecule has 0 aromatic heterocycles. The highest BCUT2D eigenvalue weighted by Crippen LogP contribution is 2.60. The summed E-state index contributed by atoms with van der Waals surface area (Å²) in [7, 11) is 0. The second-order valence-electron chi connectivity index (χ2n) is 27.9. The summed E-state index contributed by atoms with van der Waals surface area (Å²) in [6.07, 6.45) is 24.0. The molecule has 0 amide bonds. The van der Waals surface area contributed by atoms with Gasteiger partial charge in [-0.05, 0) is 245 Å². The van der Waals surface area contributed by atoms with Gasteiger partial charge in [-0.3, -0.25) is 0 Å². The maximum atomic E-state index is 2.67. The zero-order valence-electron chi connectivity index (χ0n) is 55.5. The second-order valence-corrected chi connectivity index (χ2v) is 27.9. The maximum absolute atomic E-state index is 2.67. The number of hydrogen-bond acceptors (Lipinski definition) is 2. The van der Waals surface area contributed by atoms with Crippen LogP contribution >= 0.6 is 0 Å². The van der Waals surface area contributed by atoms with Gasteiger partial charge in [0.25, 0.3) is 0 Å². The van der Waals surface area contributed by atoms with E-state index in [4.69, 9.17) is 0 Å². The molecular formula is C89H94N2. The van der Waals surface area contributed by atoms with Gasteiger partial charge in [-0.25, -0.2) is 0 Å². The van der Waals surface area contributed by atoms with E-state index in [-0.39, 0.29) is 5.41 Å². The summed E-state index contributed by atoms with van der Waals surface area (Å²) in [6, 6.07) is 82.0. The summed E-state index contributed by atoms with van der Waals surface area (Å²) in [6.45, 7) is 16.0. The molecular weight excluding hydrogens is 1100 g/mol. The van der Waals surface area contributed by atoms with Gasteiger partial charge in [0, 0.05) is 39.5 Å². The highest BCUT2D eigenvalue weighted by Gasteiger charge is 2.48. The molecule has 0 fully saturated rings. The Hall–Kier alpha value is -8.20. The Morgan fingerprint density at radius 1 is 0.330 bits per heavy atom. The van der Waals surface area contributed by atoms with Crippen LogP contribution < -0.4 is 9.80 Å². The maximum Gasteiger partial charge on any atom is 0.0715 e. The monoisotopic (exact) mass is 1190 g/mol. The summed E-state index contributed by atoms with van der Waals surface area (Å²) >= 11 is 0. The lowest BCUT2D eigenvalue weighted by Crippen LogP contribution is -2.31. The molecule has 10 aromatic rings. The van der Waals surface area contributed by atoms with Gasteiger partial charge in [0.2, 0.25) is 0 Å². The highest BCUT2D eigenvalue weighted by atomic mass is 15.1. The molecule has 0 spiro atoms. The van der Waals surface area contributed by atoms with Crippen molar-refractivity contribution in [3.63, 3.8) is 0 Å². The normalized spacial score (nSPS) is 14.5. The Balaban J connectivity index is 0.896. The summed E-state index contributed by atoms with van der Waals surface area (Å²) in [5.74, 6) is 0.539. The van der Waals surface area contributed by atoms with Gasteiger partial charge in [-0.1, -0.05) is 249 Å². The van der Waals surface area contributed by atoms with Crippen molar-refractivity contribution in [3.8, 4) is 33.4 Å². The van der Waals surface area contributed by atoms with Gasteiger partial charge in [0.1, 0.15) is 0 Å². The number of nitrogens with zero attached hydrogens (tertiary/aromatic N) is 2. The summed E-state index contributed by atoms with van der Waals surface area (Å²) in [4.78, 5) is 4.99. The first kappa shape index (κ1) is 60.4. The summed E-state index contributed by atoms with van der Waals surface area (Å²) in [5, 5.41) is 0. The van der Waals surface area contributed by atoms with Gasteiger partial charge in [-0.2, -0.15) is 0 Å². The van der Waals surface area contributed by atoms with E-state index in [0.29, 0.717) is 5.92 Å². The van der Waals surface area contributed by atoms with E-state index < -0.39 is 5.41 Å². The number of aryl methyl sites for hydroxylation is 7. The molecule has 0 radical (unpaired) electrons. The lowest BCUT2D eigenvalue weighted by atomic mass is 9.65. The van der Waals surface area contributed by atoms with Crippen molar-refractivity contribution in [2.75, 3.05) is 9.80 Å². The van der Waals surface area contributed by atoms with Crippen molar-refractivity contribution in [2.45, 2.75) is 187 Å². The van der Waals surface area contributed by atoms with Crippen LogP contribution in [0.1, 0.15) is 208 Å². The summed E-state index contributed by atoms with van der Waals surface area (Å²) < 4.78 is 0. The van der Waals surface area contributed by atoms with Crippen molar-refractivity contribution in [2.24, 2.45) is 0 Å². The van der Waals surface area contributed by atoms with Crippen LogP contribution in [0.25, 0.3) is 33.4 Å². The molecule has 2 heteroatoms. The quantitative estimate of drug-likeness (QED) is 0.0526. The van der Waals surface area contributed by atoms with Crippen LogP contribution in [0.4, 0.5) is 34.1 Å². The van der Waals surface area contributed by atoms with E-state index in [2.05, 4.69) is 265 Å². The number of rotatable bonds is 25. The van der Waals surface area contributed by atoms with Crippen molar-refractivity contribution in [1.29, 1.82) is 0 Å². The fourth-order valence-corrected chi connectivity index (χ4v) is 16.3. The third-order valence-corrected chi connectivity index (χ3v) is 22.0. The van der Waals surface area contributed by atoms with Crippen molar-refractivity contribution in [1.82, 2.24) is 0 Å². The van der Waals surface area contributed by atoms with Gasteiger partial charge in [0.15, 0.2) is 0 Å². The van der Waals surface area contributed by atoms with Crippen molar-refractivity contribution < 1.29 is 0 Å². The van der Waals surface area contributed by atoms with Gasteiger partial charge < -0.3 is 9.80 Å². The number of fused-ring (bicyclic) bond motifs is 8. The Morgan fingerprint density at radius 2 is 0.703 bits per heavy atom. The third-order valence-electron chi connectivity index (χ3n) is 22.0. The molecule has 91 heavy (non-hydrogen) atoms. The van der Waals surface area contributed by atoms with Crippen LogP contribution in [0.2, 0.25) is 0 Å². The fraction of sp³-hybridized carbons (Fsp3) is 0.326. The van der Waals surface area contributed by atoms with Crippen molar-refractivity contribution >= 4 is 34.1 Å². The first-order chi connectivity index (χ1) is 44.6. The minimum absolute atomic E-state index is 0.00851. The number of benzene rings is 10. The minimum atomic E-state index is -0.608. The van der Waals surface area contributed by atoms with Crippen LogP contribution in [0, 0.1) is 20.8 Å². The fourth-order valence-electron chi connectivity index (χ4n) is 16.3. The molecule has 0 aliphatic heterocycles. The summed E-state index contributed by atoms with van der Waals surface area (Å²) in [5.41, 5.74) is 34.2. The molecule has 460 valence electrons. The number of unbranched alkanes of at least 4 members (excludes halogenated alkanes) is 10. The Labute approximate surface area is 545 Å². The average Bonchev–Trinajstić information content (AvgIpc) is 1.57. The smallest absolute Gasteiger partial charge is 0.0715 e. The van der Waals surface area contributed by atoms with Crippen LogP contribution in [0.15, 0.2) is 206 Å². The first-order valence-electron chi connectivity index (χ1n) is 35.3. The lowest BCUT2D eigenvalue weighted by Gasteiger charge is -2.38. The minimum Gasteiger partial charge on any atom is -0.310 e. The SMILES string of the molecule is CCCCCCCCC1(CCCCCCCC)c2cc(-c3ccc(N(c4ccc(C)cc4)c4ccc5c(c4)C(c4ccc6c(c4)CC6)(c4ccc6c(c4)CC6)c4cc(N(c6ccc(C)cc6)c6ccc(C)cc6)ccc4-5)cc3)ccc2-c2ccc(C(C)CC)cc21. The number of anilines is 6. The molecule has 0 saturated carbocycles. The van der Waals surface area contributed by atoms with Crippen LogP contribution in [0.5, 0.6) is 0 Å². The molecule has 2 nitrogen and oxygen atoms in total. The van der Waals surface area contributed by atoms with Crippen LogP contribution in [0.3, 0.4) is 0 Å². The molecule has 0 bridgehead atoms. The molecule has 0 saturated heterocycles. The average molecular weight is 1190 g/mol. The predicted molar refractivity (Wildman–Crippen MR) is 388 cm³/mol. The molecule has 14 rings (SSSR count). The molecule has 10 aromatic carbocycles.